The van der Waals surface area contributed by atoms with Crippen molar-refractivity contribution >= 4 is 34.7 Å². The van der Waals surface area contributed by atoms with Crippen LogP contribution in [0.5, 0.6) is 0 Å². The van der Waals surface area contributed by atoms with Crippen LogP contribution >= 0.6 is 0 Å². The maximum atomic E-state index is 12.1. The molecule has 0 radical (unpaired) electrons. The van der Waals surface area contributed by atoms with Crippen molar-refractivity contribution in [2.45, 2.75) is 44.0 Å². The fraction of sp³-hybridized carbons (Fsp3) is 0.412. The molecule has 2 N–H and O–H groups in total. The molecule has 9 nitrogen and oxygen atoms in total. The van der Waals surface area contributed by atoms with E-state index in [1.165, 1.54) is 0 Å². The Morgan fingerprint density at radius 2 is 1.96 bits per heavy atom. The number of hydrazone groups is 1. The van der Waals surface area contributed by atoms with Crippen molar-refractivity contribution < 1.29 is 27.9 Å². The maximum absolute atomic E-state index is 12.1. The number of carboxylic acid groups (broad SMARTS) is 1. The van der Waals surface area contributed by atoms with Crippen LogP contribution in [0.2, 0.25) is 0 Å². The van der Waals surface area contributed by atoms with Gasteiger partial charge in [0.15, 0.2) is 16.7 Å². The van der Waals surface area contributed by atoms with E-state index in [-0.39, 0.29) is 6.42 Å². The number of aliphatic carboxylic acids is 1. The summed E-state index contributed by atoms with van der Waals surface area (Å²) in [6.45, 7) is 4.64. The lowest BCUT2D eigenvalue weighted by atomic mass is 9.92. The lowest BCUT2D eigenvalue weighted by molar-refractivity contribution is -0.161. The van der Waals surface area contributed by atoms with Gasteiger partial charge in [-0.05, 0) is 32.9 Å². The molecule has 1 aliphatic rings. The highest BCUT2D eigenvalue weighted by Gasteiger charge is 2.52. The molecule has 0 aromatic heterocycles. The Morgan fingerprint density at radius 3 is 2.41 bits per heavy atom. The number of likely N-dealkylation sites (tertiary alicyclic amines) is 1. The Hall–Kier alpha value is -2.75. The summed E-state index contributed by atoms with van der Waals surface area (Å²) in [7, 11) is -3.32. The Bertz CT molecular complexity index is 856. The normalized spacial score (nSPS) is 20.2. The molecule has 0 saturated carbocycles. The van der Waals surface area contributed by atoms with Crippen LogP contribution in [-0.2, 0) is 20.3 Å². The first-order valence-corrected chi connectivity index (χ1v) is 9.35. The average molecular weight is 395 g/mol. The number of carboxylic acids is 1. The molecule has 10 heteroatoms. The van der Waals surface area contributed by atoms with Crippen molar-refractivity contribution in [3.63, 3.8) is 0 Å². The molecular formula is C17H21N3O6S. The summed E-state index contributed by atoms with van der Waals surface area (Å²) < 4.78 is 21.7. The monoisotopic (exact) mass is 395 g/mol. The van der Waals surface area contributed by atoms with E-state index in [1.54, 1.807) is 31.2 Å². The second-order valence-corrected chi connectivity index (χ2v) is 8.12. The molecule has 0 spiro atoms. The molecule has 1 saturated heterocycles. The number of carbonyl (C=O) groups excluding carboxylic acids is 2. The standard InChI is InChI=1S/C17H21N3O6S/c1-10-4-6-12(7-5-10)15(22)19-18-9-17(3,27(25)26)14(16(23)24)20-11(2)8-13(20)21/h4-7,9,11,14,27H,8H2,1-3H3,(H,19,22)(H,23,24)/b18-9+/t11-,14+,17+/m1/s1. The fourth-order valence-corrected chi connectivity index (χ4v) is 3.43. The Labute approximate surface area is 158 Å². The first-order chi connectivity index (χ1) is 12.6. The van der Waals surface area contributed by atoms with Gasteiger partial charge < -0.3 is 10.0 Å². The van der Waals surface area contributed by atoms with Gasteiger partial charge in [0.1, 0.15) is 4.75 Å². The highest BCUT2D eigenvalue weighted by atomic mass is 32.2. The minimum Gasteiger partial charge on any atom is -0.480 e. The predicted octanol–water partition coefficient (Wildman–Crippen LogP) is 0.155. The molecule has 3 atom stereocenters. The third-order valence-electron chi connectivity index (χ3n) is 4.50. The van der Waals surface area contributed by atoms with Crippen LogP contribution in [0, 0.1) is 6.92 Å². The number of aryl methyl sites for hydroxylation is 1. The number of nitrogens with zero attached hydrogens (tertiary/aromatic N) is 2. The molecule has 2 amide bonds. The predicted molar refractivity (Wildman–Crippen MR) is 98.2 cm³/mol. The summed E-state index contributed by atoms with van der Waals surface area (Å²) in [6.07, 6.45) is 0.999. The quantitative estimate of drug-likeness (QED) is 0.261. The van der Waals surface area contributed by atoms with E-state index in [0.29, 0.717) is 5.56 Å². The van der Waals surface area contributed by atoms with Gasteiger partial charge in [0.2, 0.25) is 5.91 Å². The van der Waals surface area contributed by atoms with Crippen LogP contribution in [0.3, 0.4) is 0 Å². The summed E-state index contributed by atoms with van der Waals surface area (Å²) >= 11 is 0. The van der Waals surface area contributed by atoms with E-state index in [2.05, 4.69) is 10.5 Å². The smallest absolute Gasteiger partial charge is 0.328 e. The lowest BCUT2D eigenvalue weighted by Crippen LogP contribution is -2.66. The van der Waals surface area contributed by atoms with Crippen molar-refractivity contribution in [2.24, 2.45) is 5.10 Å². The number of hydrogen-bond acceptors (Lipinski definition) is 6. The van der Waals surface area contributed by atoms with Crippen molar-refractivity contribution in [3.8, 4) is 0 Å². The van der Waals surface area contributed by atoms with Gasteiger partial charge in [0.25, 0.3) is 5.91 Å². The van der Waals surface area contributed by atoms with Gasteiger partial charge in [-0.1, -0.05) is 17.7 Å². The van der Waals surface area contributed by atoms with Crippen LogP contribution in [0.4, 0.5) is 0 Å². The van der Waals surface area contributed by atoms with E-state index in [9.17, 15) is 27.9 Å². The molecule has 0 aliphatic carbocycles. The molecule has 1 heterocycles. The van der Waals surface area contributed by atoms with Gasteiger partial charge in [-0.3, -0.25) is 9.59 Å². The van der Waals surface area contributed by atoms with E-state index in [1.807, 2.05) is 6.92 Å². The SMILES string of the molecule is Cc1ccc(C(=O)N/N=C/[C@@](C)([C@H](C(=O)O)N2C(=O)C[C@H]2C)[SH](=O)=O)cc1. The maximum Gasteiger partial charge on any atom is 0.328 e. The van der Waals surface area contributed by atoms with E-state index in [0.717, 1.165) is 23.6 Å². The molecular weight excluding hydrogens is 374 g/mol. The molecule has 1 aromatic carbocycles. The number of rotatable bonds is 7. The van der Waals surface area contributed by atoms with Crippen molar-refractivity contribution in [2.75, 3.05) is 0 Å². The Kier molecular flexibility index (Phi) is 5.99. The number of thiol groups is 1. The number of nitrogens with one attached hydrogen (secondary N) is 1. The number of carbonyl (C=O) groups is 3. The number of β-lactam (4-membered cyclic amide) rings is 1. The van der Waals surface area contributed by atoms with Gasteiger partial charge in [-0.15, -0.1) is 0 Å². The second kappa shape index (κ2) is 7.87. The van der Waals surface area contributed by atoms with Gasteiger partial charge in [0.05, 0.1) is 0 Å². The van der Waals surface area contributed by atoms with E-state index >= 15 is 0 Å². The average Bonchev–Trinajstić information content (AvgIpc) is 2.59. The largest absolute Gasteiger partial charge is 0.480 e. The minimum absolute atomic E-state index is 0.150. The molecule has 146 valence electrons. The summed E-state index contributed by atoms with van der Waals surface area (Å²) in [4.78, 5) is 36.6. The minimum atomic E-state index is -3.32. The molecule has 2 rings (SSSR count). The third kappa shape index (κ3) is 4.16. The van der Waals surface area contributed by atoms with Crippen molar-refractivity contribution in [1.29, 1.82) is 0 Å². The number of hydrogen-bond donors (Lipinski definition) is 3. The third-order valence-corrected chi connectivity index (χ3v) is 5.64. The molecule has 1 fully saturated rings. The molecule has 0 unspecified atom stereocenters. The van der Waals surface area contributed by atoms with Crippen LogP contribution in [-0.4, -0.2) is 59.3 Å². The fourth-order valence-electron chi connectivity index (χ4n) is 2.85. The van der Waals surface area contributed by atoms with E-state index < -0.39 is 45.3 Å². The van der Waals surface area contributed by atoms with Gasteiger partial charge >= 0.3 is 5.97 Å². The topological polar surface area (TPSA) is 133 Å². The number of amides is 2. The van der Waals surface area contributed by atoms with Crippen LogP contribution in [0.1, 0.15) is 36.2 Å². The van der Waals surface area contributed by atoms with Crippen LogP contribution in [0.15, 0.2) is 29.4 Å². The van der Waals surface area contributed by atoms with Gasteiger partial charge in [-0.25, -0.2) is 18.6 Å². The Morgan fingerprint density at radius 1 is 1.37 bits per heavy atom. The summed E-state index contributed by atoms with van der Waals surface area (Å²) in [5, 5.41) is 13.2. The molecule has 27 heavy (non-hydrogen) atoms. The summed E-state index contributed by atoms with van der Waals surface area (Å²) in [6, 6.07) is 4.57. The van der Waals surface area contributed by atoms with Crippen LogP contribution in [0.25, 0.3) is 0 Å². The highest BCUT2D eigenvalue weighted by Crippen LogP contribution is 2.29. The number of benzene rings is 1. The second-order valence-electron chi connectivity index (χ2n) is 6.64. The lowest BCUT2D eigenvalue weighted by Gasteiger charge is -2.45. The molecule has 1 aromatic rings. The van der Waals surface area contributed by atoms with Crippen LogP contribution < -0.4 is 5.43 Å². The van der Waals surface area contributed by atoms with Crippen molar-refractivity contribution in [1.82, 2.24) is 10.3 Å². The zero-order chi connectivity index (χ0) is 20.4. The summed E-state index contributed by atoms with van der Waals surface area (Å²) in [5.41, 5.74) is 3.46. The van der Waals surface area contributed by atoms with Gasteiger partial charge in [0, 0.05) is 24.2 Å². The molecule has 1 aliphatic heterocycles. The molecule has 0 bridgehead atoms. The first kappa shape index (κ1) is 20.6. The van der Waals surface area contributed by atoms with Crippen molar-refractivity contribution in [3.05, 3.63) is 35.4 Å². The van der Waals surface area contributed by atoms with E-state index in [4.69, 9.17) is 0 Å². The summed E-state index contributed by atoms with van der Waals surface area (Å²) in [5.74, 6) is -2.49. The zero-order valence-electron chi connectivity index (χ0n) is 15.1. The van der Waals surface area contributed by atoms with Gasteiger partial charge in [-0.2, -0.15) is 5.10 Å². The highest BCUT2D eigenvalue weighted by molar-refractivity contribution is 7.75. The first-order valence-electron chi connectivity index (χ1n) is 8.17. The Balaban J connectivity index is 2.25. The zero-order valence-corrected chi connectivity index (χ0v) is 16.0.